The van der Waals surface area contributed by atoms with Crippen LogP contribution in [0.3, 0.4) is 0 Å². The molecule has 3 aromatic rings. The molecule has 0 N–H and O–H groups in total. The first-order valence-corrected chi connectivity index (χ1v) is 7.81. The lowest BCUT2D eigenvalue weighted by Gasteiger charge is -2.10. The third kappa shape index (κ3) is 3.48. The number of nitrogens with zero attached hydrogens (tertiary/aromatic N) is 2. The zero-order chi connectivity index (χ0) is 15.5. The van der Waals surface area contributed by atoms with Crippen molar-refractivity contribution in [1.29, 1.82) is 0 Å². The molecule has 6 heteroatoms. The molecule has 0 saturated heterocycles. The van der Waals surface area contributed by atoms with Crippen molar-refractivity contribution in [3.8, 4) is 17.1 Å². The van der Waals surface area contributed by atoms with Crippen LogP contribution in [0.5, 0.6) is 5.75 Å². The second kappa shape index (κ2) is 6.50. The van der Waals surface area contributed by atoms with E-state index in [0.29, 0.717) is 16.7 Å². The van der Waals surface area contributed by atoms with E-state index in [1.165, 1.54) is 0 Å². The van der Waals surface area contributed by atoms with Gasteiger partial charge in [0.05, 0.1) is 0 Å². The fraction of sp³-hybridized carbons (Fsp3) is 0.125. The number of benzene rings is 2. The van der Waals surface area contributed by atoms with Crippen LogP contribution >= 0.6 is 27.5 Å². The summed E-state index contributed by atoms with van der Waals surface area (Å²) in [6.07, 6.45) is -0.338. The summed E-state index contributed by atoms with van der Waals surface area (Å²) in [7, 11) is 0. The first-order valence-electron chi connectivity index (χ1n) is 6.63. The monoisotopic (exact) mass is 378 g/mol. The summed E-state index contributed by atoms with van der Waals surface area (Å²) < 4.78 is 12.1. The molecule has 22 heavy (non-hydrogen) atoms. The molecule has 2 aromatic carbocycles. The largest absolute Gasteiger partial charge is 0.481 e. The Bertz CT molecular complexity index is 757. The number of hydrogen-bond acceptors (Lipinski definition) is 4. The minimum absolute atomic E-state index is 0.338. The van der Waals surface area contributed by atoms with Crippen LogP contribution in [0.2, 0.25) is 5.02 Å². The van der Waals surface area contributed by atoms with E-state index in [-0.39, 0.29) is 6.10 Å². The van der Waals surface area contributed by atoms with Crippen molar-refractivity contribution < 1.29 is 9.26 Å². The first kappa shape index (κ1) is 15.1. The Hall–Kier alpha value is -1.85. The van der Waals surface area contributed by atoms with Crippen LogP contribution in [-0.2, 0) is 0 Å². The Morgan fingerprint density at radius 1 is 1.09 bits per heavy atom. The lowest BCUT2D eigenvalue weighted by molar-refractivity contribution is 0.176. The average molecular weight is 380 g/mol. The van der Waals surface area contributed by atoms with Gasteiger partial charge in [0, 0.05) is 15.1 Å². The molecule has 1 aromatic heterocycles. The van der Waals surface area contributed by atoms with Gasteiger partial charge in [-0.2, -0.15) is 4.98 Å². The van der Waals surface area contributed by atoms with Crippen LogP contribution < -0.4 is 4.74 Å². The molecular formula is C16H12BrClN2O2. The van der Waals surface area contributed by atoms with Gasteiger partial charge < -0.3 is 9.26 Å². The molecule has 0 fully saturated rings. The highest BCUT2D eigenvalue weighted by Crippen LogP contribution is 2.25. The Balaban J connectivity index is 1.75. The number of ether oxygens (including phenoxy) is 1. The van der Waals surface area contributed by atoms with E-state index in [4.69, 9.17) is 20.9 Å². The molecule has 0 radical (unpaired) electrons. The van der Waals surface area contributed by atoms with E-state index in [2.05, 4.69) is 26.1 Å². The number of rotatable bonds is 4. The van der Waals surface area contributed by atoms with E-state index in [9.17, 15) is 0 Å². The van der Waals surface area contributed by atoms with Crippen molar-refractivity contribution >= 4 is 27.5 Å². The van der Waals surface area contributed by atoms with Gasteiger partial charge >= 0.3 is 0 Å². The highest BCUT2D eigenvalue weighted by atomic mass is 79.9. The topological polar surface area (TPSA) is 48.2 Å². The second-order valence-corrected chi connectivity index (χ2v) is 6.03. The quantitative estimate of drug-likeness (QED) is 0.618. The highest BCUT2D eigenvalue weighted by molar-refractivity contribution is 9.10. The normalized spacial score (nSPS) is 12.1. The zero-order valence-electron chi connectivity index (χ0n) is 11.7. The van der Waals surface area contributed by atoms with Crippen molar-refractivity contribution in [1.82, 2.24) is 10.1 Å². The van der Waals surface area contributed by atoms with E-state index in [0.717, 1.165) is 15.8 Å². The summed E-state index contributed by atoms with van der Waals surface area (Å²) in [4.78, 5) is 4.37. The molecule has 0 aliphatic carbocycles. The van der Waals surface area contributed by atoms with Crippen LogP contribution in [0.15, 0.2) is 57.5 Å². The van der Waals surface area contributed by atoms with Crippen LogP contribution in [0.4, 0.5) is 0 Å². The molecule has 0 amide bonds. The standard InChI is InChI=1S/C16H12BrClN2O2/c1-10(21-14-8-4-12(17)5-9-14)16-19-15(20-22-16)11-2-6-13(18)7-3-11/h2-10H,1H3/t10-/m1/s1. The summed E-state index contributed by atoms with van der Waals surface area (Å²) in [5, 5.41) is 4.64. The molecule has 0 saturated carbocycles. The third-order valence-electron chi connectivity index (χ3n) is 3.02. The zero-order valence-corrected chi connectivity index (χ0v) is 14.0. The highest BCUT2D eigenvalue weighted by Gasteiger charge is 2.16. The van der Waals surface area contributed by atoms with Crippen molar-refractivity contribution in [2.45, 2.75) is 13.0 Å². The Kier molecular flexibility index (Phi) is 4.45. The Labute approximate surface area is 141 Å². The number of halogens is 2. The molecule has 0 spiro atoms. The predicted octanol–water partition coefficient (Wildman–Crippen LogP) is 5.29. The Morgan fingerprint density at radius 2 is 1.77 bits per heavy atom. The Morgan fingerprint density at radius 3 is 2.45 bits per heavy atom. The first-order chi connectivity index (χ1) is 10.6. The maximum Gasteiger partial charge on any atom is 0.267 e. The molecule has 3 rings (SSSR count). The molecule has 4 nitrogen and oxygen atoms in total. The molecule has 0 aliphatic heterocycles. The van der Waals surface area contributed by atoms with E-state index in [1.807, 2.05) is 43.3 Å². The van der Waals surface area contributed by atoms with E-state index in [1.54, 1.807) is 12.1 Å². The van der Waals surface area contributed by atoms with Crippen LogP contribution in [0.25, 0.3) is 11.4 Å². The second-order valence-electron chi connectivity index (χ2n) is 4.68. The molecule has 1 heterocycles. The summed E-state index contributed by atoms with van der Waals surface area (Å²) in [6, 6.07) is 14.8. The van der Waals surface area contributed by atoms with Gasteiger partial charge in [0.25, 0.3) is 5.89 Å². The molecule has 112 valence electrons. The third-order valence-corrected chi connectivity index (χ3v) is 3.80. The SMILES string of the molecule is C[C@@H](Oc1ccc(Br)cc1)c1nc(-c2ccc(Cl)cc2)no1. The molecule has 1 atom stereocenters. The van der Waals surface area contributed by atoms with E-state index >= 15 is 0 Å². The van der Waals surface area contributed by atoms with Crippen molar-refractivity contribution in [3.63, 3.8) is 0 Å². The van der Waals surface area contributed by atoms with Gasteiger partial charge in [-0.25, -0.2) is 0 Å². The van der Waals surface area contributed by atoms with Gasteiger partial charge in [0.1, 0.15) is 5.75 Å². The minimum Gasteiger partial charge on any atom is -0.481 e. The summed E-state index contributed by atoms with van der Waals surface area (Å²) in [5.74, 6) is 1.67. The molecular weight excluding hydrogens is 368 g/mol. The summed E-state index contributed by atoms with van der Waals surface area (Å²) in [6.45, 7) is 1.86. The fourth-order valence-electron chi connectivity index (χ4n) is 1.88. The van der Waals surface area contributed by atoms with E-state index < -0.39 is 0 Å². The van der Waals surface area contributed by atoms with Crippen molar-refractivity contribution in [2.75, 3.05) is 0 Å². The molecule has 0 bridgehead atoms. The minimum atomic E-state index is -0.338. The van der Waals surface area contributed by atoms with Gasteiger partial charge in [-0.05, 0) is 55.5 Å². The maximum absolute atomic E-state index is 5.87. The molecule has 0 aliphatic rings. The fourth-order valence-corrected chi connectivity index (χ4v) is 2.27. The number of hydrogen-bond donors (Lipinski definition) is 0. The average Bonchev–Trinajstić information content (AvgIpc) is 3.00. The summed E-state index contributed by atoms with van der Waals surface area (Å²) in [5.41, 5.74) is 0.843. The smallest absolute Gasteiger partial charge is 0.267 e. The van der Waals surface area contributed by atoms with Crippen LogP contribution in [0.1, 0.15) is 18.9 Å². The lowest BCUT2D eigenvalue weighted by atomic mass is 10.2. The van der Waals surface area contributed by atoms with Crippen LogP contribution in [0, 0.1) is 0 Å². The predicted molar refractivity (Wildman–Crippen MR) is 87.9 cm³/mol. The van der Waals surface area contributed by atoms with Crippen molar-refractivity contribution in [2.24, 2.45) is 0 Å². The summed E-state index contributed by atoms with van der Waals surface area (Å²) >= 11 is 9.25. The lowest BCUT2D eigenvalue weighted by Crippen LogP contribution is -2.03. The maximum atomic E-state index is 5.87. The van der Waals surface area contributed by atoms with Crippen LogP contribution in [-0.4, -0.2) is 10.1 Å². The molecule has 0 unspecified atom stereocenters. The van der Waals surface area contributed by atoms with Gasteiger partial charge in [-0.3, -0.25) is 0 Å². The van der Waals surface area contributed by atoms with Gasteiger partial charge in [0.15, 0.2) is 6.10 Å². The number of aromatic nitrogens is 2. The van der Waals surface area contributed by atoms with Gasteiger partial charge in [-0.15, -0.1) is 0 Å². The van der Waals surface area contributed by atoms with Gasteiger partial charge in [-0.1, -0.05) is 32.7 Å². The van der Waals surface area contributed by atoms with Crippen molar-refractivity contribution in [3.05, 3.63) is 63.9 Å². The van der Waals surface area contributed by atoms with Gasteiger partial charge in [0.2, 0.25) is 5.82 Å².